The second-order valence-electron chi connectivity index (χ2n) is 4.22. The van der Waals surface area contributed by atoms with Crippen LogP contribution in [0.25, 0.3) is 0 Å². The lowest BCUT2D eigenvalue weighted by molar-refractivity contribution is 0.440. The fraction of sp³-hybridized carbons (Fsp3) is 0.667. The Morgan fingerprint density at radius 2 is 2.19 bits per heavy atom. The van der Waals surface area contributed by atoms with Gasteiger partial charge in [0.05, 0.1) is 6.20 Å². The van der Waals surface area contributed by atoms with E-state index >= 15 is 0 Å². The smallest absolute Gasteiger partial charge is 0.256 e. The summed E-state index contributed by atoms with van der Waals surface area (Å²) in [5, 5.41) is 4.77. The summed E-state index contributed by atoms with van der Waals surface area (Å²) in [4.78, 5) is 0. The highest BCUT2D eigenvalue weighted by atomic mass is 79.9. The molecule has 0 aliphatic rings. The van der Waals surface area contributed by atoms with Crippen LogP contribution in [0.4, 0.5) is 0 Å². The van der Waals surface area contributed by atoms with Crippen molar-refractivity contribution in [1.82, 2.24) is 14.5 Å². The van der Waals surface area contributed by atoms with Gasteiger partial charge in [-0.25, -0.2) is 13.1 Å². The number of alkyl halides is 1. The van der Waals surface area contributed by atoms with Crippen LogP contribution in [-0.2, 0) is 17.1 Å². The van der Waals surface area contributed by atoms with E-state index in [2.05, 4.69) is 25.8 Å². The maximum Gasteiger partial charge on any atom is 0.258 e. The predicted molar refractivity (Wildman–Crippen MR) is 66.0 cm³/mol. The molecule has 0 atom stereocenters. The first-order chi connectivity index (χ1) is 7.28. The summed E-state index contributed by atoms with van der Waals surface area (Å²) in [6.45, 7) is 3.70. The number of nitrogens with one attached hydrogen (secondary N) is 1. The predicted octanol–water partition coefficient (Wildman–Crippen LogP) is 1.26. The van der Waals surface area contributed by atoms with E-state index < -0.39 is 15.6 Å². The zero-order valence-corrected chi connectivity index (χ0v) is 12.0. The number of aromatic nitrogens is 2. The maximum absolute atomic E-state index is 12.0. The Kier molecular flexibility index (Phi) is 4.14. The molecule has 0 bridgehead atoms. The fourth-order valence-electron chi connectivity index (χ4n) is 1.33. The zero-order valence-electron chi connectivity index (χ0n) is 9.57. The number of rotatable bonds is 5. The van der Waals surface area contributed by atoms with Crippen molar-refractivity contribution in [1.29, 1.82) is 0 Å². The molecule has 1 aromatic rings. The number of aryl methyl sites for hydroxylation is 1. The minimum atomic E-state index is -3.50. The van der Waals surface area contributed by atoms with Crippen molar-refractivity contribution in [3.05, 3.63) is 12.3 Å². The zero-order chi connectivity index (χ0) is 12.4. The van der Waals surface area contributed by atoms with Gasteiger partial charge in [0.15, 0.2) is 5.03 Å². The molecule has 1 heterocycles. The first-order valence-corrected chi connectivity index (χ1v) is 7.47. The fourth-order valence-corrected chi connectivity index (χ4v) is 3.89. The molecule has 0 radical (unpaired) electrons. The van der Waals surface area contributed by atoms with E-state index in [1.165, 1.54) is 16.9 Å². The Balaban J connectivity index is 2.93. The summed E-state index contributed by atoms with van der Waals surface area (Å²) >= 11 is 3.30. The second kappa shape index (κ2) is 4.85. The molecular formula is C9H16BrN3O2S. The van der Waals surface area contributed by atoms with Crippen molar-refractivity contribution in [2.24, 2.45) is 7.05 Å². The van der Waals surface area contributed by atoms with Crippen LogP contribution >= 0.6 is 15.9 Å². The van der Waals surface area contributed by atoms with Crippen molar-refractivity contribution < 1.29 is 8.42 Å². The second-order valence-corrected chi connectivity index (χ2v) is 6.64. The lowest BCUT2D eigenvalue weighted by atomic mass is 10.0. The quantitative estimate of drug-likeness (QED) is 0.833. The average molecular weight is 310 g/mol. The molecule has 0 aromatic carbocycles. The van der Waals surface area contributed by atoms with Crippen molar-refractivity contribution in [2.45, 2.75) is 30.8 Å². The number of nitrogens with zero attached hydrogens (tertiary/aromatic N) is 2. The Morgan fingerprint density at radius 1 is 1.56 bits per heavy atom. The van der Waals surface area contributed by atoms with Gasteiger partial charge < -0.3 is 0 Å². The lowest BCUT2D eigenvalue weighted by Gasteiger charge is -2.24. The largest absolute Gasteiger partial charge is 0.258 e. The summed E-state index contributed by atoms with van der Waals surface area (Å²) in [7, 11) is -1.89. The first-order valence-electron chi connectivity index (χ1n) is 4.86. The van der Waals surface area contributed by atoms with Crippen LogP contribution in [0, 0.1) is 0 Å². The van der Waals surface area contributed by atoms with Crippen LogP contribution in [0.15, 0.2) is 17.3 Å². The first kappa shape index (κ1) is 13.7. The summed E-state index contributed by atoms with van der Waals surface area (Å²) < 4.78 is 28.0. The van der Waals surface area contributed by atoms with Gasteiger partial charge in [0.2, 0.25) is 0 Å². The van der Waals surface area contributed by atoms with E-state index in [0.717, 1.165) is 5.33 Å². The Hall–Kier alpha value is -0.400. The lowest BCUT2D eigenvalue weighted by Crippen LogP contribution is -2.44. The Bertz CT molecular complexity index is 453. The molecule has 92 valence electrons. The summed E-state index contributed by atoms with van der Waals surface area (Å²) in [5.41, 5.74) is -0.480. The molecule has 0 saturated heterocycles. The Morgan fingerprint density at radius 3 is 2.62 bits per heavy atom. The number of hydrogen-bond donors (Lipinski definition) is 1. The topological polar surface area (TPSA) is 64.0 Å². The monoisotopic (exact) mass is 309 g/mol. The van der Waals surface area contributed by atoms with Crippen LogP contribution in [-0.4, -0.2) is 29.1 Å². The normalized spacial score (nSPS) is 13.0. The van der Waals surface area contributed by atoms with Crippen molar-refractivity contribution in [2.75, 3.05) is 5.33 Å². The molecule has 16 heavy (non-hydrogen) atoms. The van der Waals surface area contributed by atoms with Crippen LogP contribution in [0.5, 0.6) is 0 Å². The van der Waals surface area contributed by atoms with Gasteiger partial charge in [-0.15, -0.1) is 0 Å². The molecule has 0 unspecified atom stereocenters. The van der Waals surface area contributed by atoms with Gasteiger partial charge >= 0.3 is 0 Å². The molecule has 0 amide bonds. The standard InChI is InChI=1S/C9H16BrN3O2S/c1-9(2,5-6-10)12-16(14,15)8-4-7-11-13(8)3/h4,7,12H,5-6H2,1-3H3. The van der Waals surface area contributed by atoms with Crippen LogP contribution in [0.3, 0.4) is 0 Å². The van der Waals surface area contributed by atoms with Gasteiger partial charge in [-0.3, -0.25) is 4.68 Å². The highest BCUT2D eigenvalue weighted by Gasteiger charge is 2.27. The molecule has 1 N–H and O–H groups in total. The maximum atomic E-state index is 12.0. The summed E-state index contributed by atoms with van der Waals surface area (Å²) in [6.07, 6.45) is 2.18. The molecule has 5 nitrogen and oxygen atoms in total. The third kappa shape index (κ3) is 3.29. The minimum Gasteiger partial charge on any atom is -0.256 e. The molecule has 0 aliphatic heterocycles. The highest BCUT2D eigenvalue weighted by Crippen LogP contribution is 2.15. The van der Waals surface area contributed by atoms with E-state index in [1.54, 1.807) is 7.05 Å². The van der Waals surface area contributed by atoms with Crippen LogP contribution < -0.4 is 4.72 Å². The van der Waals surface area contributed by atoms with E-state index in [9.17, 15) is 8.42 Å². The van der Waals surface area contributed by atoms with Crippen LogP contribution in [0.1, 0.15) is 20.3 Å². The molecule has 7 heteroatoms. The molecule has 0 fully saturated rings. The number of sulfonamides is 1. The van der Waals surface area contributed by atoms with Crippen molar-refractivity contribution in [3.8, 4) is 0 Å². The molecular weight excluding hydrogens is 294 g/mol. The van der Waals surface area contributed by atoms with Gasteiger partial charge in [-0.1, -0.05) is 15.9 Å². The molecule has 1 rings (SSSR count). The van der Waals surface area contributed by atoms with Gasteiger partial charge in [0.1, 0.15) is 0 Å². The average Bonchev–Trinajstić information content (AvgIpc) is 2.49. The van der Waals surface area contributed by atoms with Gasteiger partial charge in [-0.05, 0) is 26.3 Å². The molecule has 0 spiro atoms. The Labute approximate surface area is 104 Å². The van der Waals surface area contributed by atoms with Gasteiger partial charge in [-0.2, -0.15) is 5.10 Å². The molecule has 0 aliphatic carbocycles. The van der Waals surface area contributed by atoms with Crippen LogP contribution in [0.2, 0.25) is 0 Å². The minimum absolute atomic E-state index is 0.176. The molecule has 0 saturated carbocycles. The van der Waals surface area contributed by atoms with Gasteiger partial charge in [0.25, 0.3) is 10.0 Å². The van der Waals surface area contributed by atoms with Gasteiger partial charge in [0, 0.05) is 17.9 Å². The van der Waals surface area contributed by atoms with E-state index in [0.29, 0.717) is 6.42 Å². The van der Waals surface area contributed by atoms with Crippen molar-refractivity contribution in [3.63, 3.8) is 0 Å². The summed E-state index contributed by atoms with van der Waals surface area (Å²) in [6, 6.07) is 1.48. The van der Waals surface area contributed by atoms with Crippen molar-refractivity contribution >= 4 is 26.0 Å². The third-order valence-corrected chi connectivity index (χ3v) is 4.35. The third-order valence-electron chi connectivity index (χ3n) is 2.18. The number of halogens is 1. The molecule has 1 aromatic heterocycles. The van der Waals surface area contributed by atoms with E-state index in [-0.39, 0.29) is 5.03 Å². The SMILES string of the molecule is Cn1nccc1S(=O)(=O)NC(C)(C)CCBr. The number of hydrogen-bond acceptors (Lipinski definition) is 3. The van der Waals surface area contributed by atoms with E-state index in [1.807, 2.05) is 13.8 Å². The summed E-state index contributed by atoms with van der Waals surface area (Å²) in [5.74, 6) is 0. The van der Waals surface area contributed by atoms with E-state index in [4.69, 9.17) is 0 Å². The highest BCUT2D eigenvalue weighted by molar-refractivity contribution is 9.09.